The van der Waals surface area contributed by atoms with Crippen molar-refractivity contribution in [3.8, 4) is 6.07 Å². The SMILES string of the molecule is N#CC(Cl)CSc1ncnc2nc[nH]c12. The molecule has 0 fully saturated rings. The van der Waals surface area contributed by atoms with Crippen LogP contribution in [-0.4, -0.2) is 31.1 Å². The third-order valence-corrected chi connectivity index (χ3v) is 3.21. The van der Waals surface area contributed by atoms with Crippen LogP contribution < -0.4 is 0 Å². The van der Waals surface area contributed by atoms with Crippen LogP contribution >= 0.6 is 23.4 Å². The van der Waals surface area contributed by atoms with Gasteiger partial charge in [-0.2, -0.15) is 5.26 Å². The van der Waals surface area contributed by atoms with Gasteiger partial charge < -0.3 is 4.98 Å². The highest BCUT2D eigenvalue weighted by molar-refractivity contribution is 7.99. The van der Waals surface area contributed by atoms with Crippen LogP contribution in [0.5, 0.6) is 0 Å². The standard InChI is InChI=1S/C8H6ClN5S/c9-5(1-10)2-15-8-6-7(12-3-11-6)13-4-14-8/h3-5H,2H2,(H,11,12,13,14). The van der Waals surface area contributed by atoms with E-state index in [1.165, 1.54) is 18.1 Å². The van der Waals surface area contributed by atoms with E-state index in [1.54, 1.807) is 6.33 Å². The molecule has 0 aliphatic heterocycles. The number of fused-ring (bicyclic) bond motifs is 1. The number of aromatic amines is 1. The van der Waals surface area contributed by atoms with Crippen molar-refractivity contribution < 1.29 is 0 Å². The predicted octanol–water partition coefficient (Wildman–Crippen LogP) is 1.58. The summed E-state index contributed by atoms with van der Waals surface area (Å²) >= 11 is 7.10. The number of hydrogen-bond acceptors (Lipinski definition) is 5. The average molecular weight is 240 g/mol. The number of nitriles is 1. The molecule has 0 spiro atoms. The number of halogens is 1. The average Bonchev–Trinajstić information content (AvgIpc) is 2.74. The van der Waals surface area contributed by atoms with E-state index >= 15 is 0 Å². The van der Waals surface area contributed by atoms with Crippen LogP contribution in [0.4, 0.5) is 0 Å². The number of imidazole rings is 1. The lowest BCUT2D eigenvalue weighted by Crippen LogP contribution is -1.98. The third-order valence-electron chi connectivity index (χ3n) is 1.69. The maximum absolute atomic E-state index is 8.54. The number of rotatable bonds is 3. The maximum atomic E-state index is 8.54. The van der Waals surface area contributed by atoms with E-state index in [4.69, 9.17) is 16.9 Å². The summed E-state index contributed by atoms with van der Waals surface area (Å²) in [5.74, 6) is 0.489. The van der Waals surface area contributed by atoms with Gasteiger partial charge in [0.15, 0.2) is 5.65 Å². The number of hydrogen-bond donors (Lipinski definition) is 1. The fraction of sp³-hybridized carbons (Fsp3) is 0.250. The molecule has 76 valence electrons. The number of alkyl halides is 1. The zero-order chi connectivity index (χ0) is 10.7. The predicted molar refractivity (Wildman–Crippen MR) is 57.7 cm³/mol. The monoisotopic (exact) mass is 239 g/mol. The van der Waals surface area contributed by atoms with Crippen molar-refractivity contribution in [2.45, 2.75) is 10.4 Å². The molecule has 1 atom stereocenters. The van der Waals surface area contributed by atoms with E-state index in [0.717, 1.165) is 10.5 Å². The first-order valence-corrected chi connectivity index (χ1v) is 5.54. The Morgan fingerprint density at radius 3 is 3.20 bits per heavy atom. The maximum Gasteiger partial charge on any atom is 0.181 e. The van der Waals surface area contributed by atoms with Crippen molar-refractivity contribution in [2.24, 2.45) is 0 Å². The van der Waals surface area contributed by atoms with Crippen LogP contribution in [0.2, 0.25) is 0 Å². The van der Waals surface area contributed by atoms with Crippen LogP contribution in [0.25, 0.3) is 11.2 Å². The summed E-state index contributed by atoms with van der Waals surface area (Å²) in [6, 6.07) is 1.95. The molecule has 15 heavy (non-hydrogen) atoms. The Morgan fingerprint density at radius 2 is 2.40 bits per heavy atom. The van der Waals surface area contributed by atoms with E-state index in [0.29, 0.717) is 11.4 Å². The zero-order valence-electron chi connectivity index (χ0n) is 7.51. The Morgan fingerprint density at radius 1 is 1.53 bits per heavy atom. The van der Waals surface area contributed by atoms with E-state index in [-0.39, 0.29) is 0 Å². The smallest absolute Gasteiger partial charge is 0.181 e. The second-order valence-corrected chi connectivity index (χ2v) is 4.22. The molecule has 2 heterocycles. The van der Waals surface area contributed by atoms with Gasteiger partial charge in [-0.05, 0) is 0 Å². The van der Waals surface area contributed by atoms with Crippen molar-refractivity contribution in [2.75, 3.05) is 5.75 Å². The molecule has 1 N–H and O–H groups in total. The normalized spacial score (nSPS) is 12.5. The van der Waals surface area contributed by atoms with Crippen molar-refractivity contribution in [3.05, 3.63) is 12.7 Å². The summed E-state index contributed by atoms with van der Waals surface area (Å²) in [5, 5.41) is 8.79. The van der Waals surface area contributed by atoms with Gasteiger partial charge in [0.05, 0.1) is 12.4 Å². The highest BCUT2D eigenvalue weighted by Gasteiger charge is 2.09. The second kappa shape index (κ2) is 4.47. The molecule has 0 bridgehead atoms. The van der Waals surface area contributed by atoms with Crippen molar-refractivity contribution in [1.29, 1.82) is 5.26 Å². The van der Waals surface area contributed by atoms with Gasteiger partial charge in [-0.1, -0.05) is 0 Å². The van der Waals surface area contributed by atoms with Gasteiger partial charge in [0.2, 0.25) is 0 Å². The zero-order valence-corrected chi connectivity index (χ0v) is 9.09. The van der Waals surface area contributed by atoms with Crippen LogP contribution in [0.1, 0.15) is 0 Å². The van der Waals surface area contributed by atoms with E-state index in [1.807, 2.05) is 6.07 Å². The fourth-order valence-corrected chi connectivity index (χ4v) is 2.03. The van der Waals surface area contributed by atoms with E-state index in [9.17, 15) is 0 Å². The number of nitrogens with one attached hydrogen (secondary N) is 1. The molecule has 2 rings (SSSR count). The number of H-pyrrole nitrogens is 1. The highest BCUT2D eigenvalue weighted by atomic mass is 35.5. The first-order chi connectivity index (χ1) is 7.31. The van der Waals surface area contributed by atoms with Crippen molar-refractivity contribution in [1.82, 2.24) is 19.9 Å². The number of nitrogens with zero attached hydrogens (tertiary/aromatic N) is 4. The lowest BCUT2D eigenvalue weighted by molar-refractivity contribution is 1.08. The summed E-state index contributed by atoms with van der Waals surface area (Å²) in [4.78, 5) is 15.0. The molecule has 1 unspecified atom stereocenters. The molecule has 0 aromatic carbocycles. The van der Waals surface area contributed by atoms with Gasteiger partial charge in [-0.3, -0.25) is 0 Å². The third kappa shape index (κ3) is 2.19. The highest BCUT2D eigenvalue weighted by Crippen LogP contribution is 2.23. The molecule has 0 aliphatic carbocycles. The molecule has 2 aromatic heterocycles. The van der Waals surface area contributed by atoms with Crippen LogP contribution in [-0.2, 0) is 0 Å². The first kappa shape index (κ1) is 10.2. The van der Waals surface area contributed by atoms with Crippen LogP contribution in [0, 0.1) is 11.3 Å². The van der Waals surface area contributed by atoms with Gasteiger partial charge in [0.25, 0.3) is 0 Å². The molecule has 0 saturated carbocycles. The van der Waals surface area contributed by atoms with Crippen molar-refractivity contribution in [3.63, 3.8) is 0 Å². The Bertz CT molecular complexity index is 505. The molecule has 7 heteroatoms. The quantitative estimate of drug-likeness (QED) is 0.500. The molecule has 0 amide bonds. The minimum absolute atomic E-state index is 0.489. The summed E-state index contributed by atoms with van der Waals surface area (Å²) in [5.41, 5.74) is 1.40. The lowest BCUT2D eigenvalue weighted by Gasteiger charge is -2.00. The van der Waals surface area contributed by atoms with E-state index < -0.39 is 5.38 Å². The summed E-state index contributed by atoms with van der Waals surface area (Å²) in [7, 11) is 0. The molecular formula is C8H6ClN5S. The Balaban J connectivity index is 2.21. The van der Waals surface area contributed by atoms with Crippen LogP contribution in [0.15, 0.2) is 17.7 Å². The Labute approximate surface area is 94.9 Å². The summed E-state index contributed by atoms with van der Waals surface area (Å²) in [6.07, 6.45) is 3.01. The van der Waals surface area contributed by atoms with Crippen LogP contribution in [0.3, 0.4) is 0 Å². The minimum Gasteiger partial charge on any atom is -0.341 e. The summed E-state index contributed by atoms with van der Waals surface area (Å²) in [6.45, 7) is 0. The lowest BCUT2D eigenvalue weighted by atomic mass is 10.5. The first-order valence-electron chi connectivity index (χ1n) is 4.12. The molecule has 0 saturated heterocycles. The fourth-order valence-electron chi connectivity index (χ4n) is 1.04. The van der Waals surface area contributed by atoms with E-state index in [2.05, 4.69) is 19.9 Å². The Kier molecular flexibility index (Phi) is 3.04. The van der Waals surface area contributed by atoms with Gasteiger partial charge in [0, 0.05) is 5.75 Å². The largest absolute Gasteiger partial charge is 0.341 e. The molecule has 2 aromatic rings. The number of thioether (sulfide) groups is 1. The number of aromatic nitrogens is 4. The second-order valence-electron chi connectivity index (χ2n) is 2.69. The molecular weight excluding hydrogens is 234 g/mol. The molecule has 0 aliphatic rings. The van der Waals surface area contributed by atoms with Gasteiger partial charge in [-0.25, -0.2) is 15.0 Å². The van der Waals surface area contributed by atoms with Gasteiger partial charge in [-0.15, -0.1) is 23.4 Å². The van der Waals surface area contributed by atoms with Crippen molar-refractivity contribution >= 4 is 34.5 Å². The van der Waals surface area contributed by atoms with Gasteiger partial charge >= 0.3 is 0 Å². The van der Waals surface area contributed by atoms with Gasteiger partial charge in [0.1, 0.15) is 22.2 Å². The molecule has 0 radical (unpaired) electrons. The topological polar surface area (TPSA) is 78.2 Å². The minimum atomic E-state index is -0.511. The summed E-state index contributed by atoms with van der Waals surface area (Å²) < 4.78 is 0. The Hall–Kier alpha value is -1.32. The molecule has 5 nitrogen and oxygen atoms in total.